The SMILES string of the molecule is C[C]1[CH][CH]CC(C)(C)C1.O=P(O)(c1ccccc1)c1ccccc1.[C-]#[O+].[C-]#[O+].[C-]#[O+].[C-]#[O+].[Mo]. The van der Waals surface area contributed by atoms with Crippen molar-refractivity contribution in [3.05, 3.63) is 106 Å². The molecule has 0 heterocycles. The Morgan fingerprint density at radius 3 is 1.36 bits per heavy atom. The molecule has 0 amide bonds. The van der Waals surface area contributed by atoms with Crippen LogP contribution in [0.4, 0.5) is 0 Å². The smallest absolute Gasteiger partial charge is 0 e. The Morgan fingerprint density at radius 1 is 0.788 bits per heavy atom. The molecule has 1 saturated carbocycles. The second-order valence-corrected chi connectivity index (χ2v) is 9.23. The van der Waals surface area contributed by atoms with Gasteiger partial charge in [0.15, 0.2) is 0 Å². The number of benzene rings is 2. The first-order valence-corrected chi connectivity index (χ1v) is 10.7. The third-order valence-electron chi connectivity index (χ3n) is 4.04. The summed E-state index contributed by atoms with van der Waals surface area (Å²) in [5.74, 6) is 1.52. The molecule has 0 unspecified atom stereocenters. The summed E-state index contributed by atoms with van der Waals surface area (Å²) in [6.45, 7) is 24.8. The van der Waals surface area contributed by atoms with Crippen LogP contribution < -0.4 is 10.6 Å². The molecule has 1 aliphatic carbocycles. The second-order valence-electron chi connectivity index (χ2n) is 7.04. The van der Waals surface area contributed by atoms with E-state index in [9.17, 15) is 9.46 Å². The third-order valence-corrected chi connectivity index (χ3v) is 6.04. The predicted molar refractivity (Wildman–Crippen MR) is 118 cm³/mol. The second kappa shape index (κ2) is 23.4. The van der Waals surface area contributed by atoms with Gasteiger partial charge in [0.1, 0.15) is 0 Å². The Hall–Kier alpha value is -1.72. The summed E-state index contributed by atoms with van der Waals surface area (Å²) in [6.07, 6.45) is 7.03. The zero-order chi connectivity index (χ0) is 25.6. The van der Waals surface area contributed by atoms with Crippen LogP contribution in [-0.2, 0) is 44.2 Å². The van der Waals surface area contributed by atoms with E-state index in [0.717, 1.165) is 0 Å². The first-order valence-electron chi connectivity index (χ1n) is 9.06. The standard InChI is InChI=1S/C12H11O2P.C9H15.4CO.Mo/c13-15(14,11-7-3-1-4-8-11)12-9-5-2-6-10-12;1-8-5-4-6-9(2,3)7-8;4*1-2;/h1-10H,(H,13,14);4-5H,6-7H2,1-3H3;;;;;. The van der Waals surface area contributed by atoms with E-state index in [1.165, 1.54) is 18.8 Å². The van der Waals surface area contributed by atoms with Crippen molar-refractivity contribution in [3.8, 4) is 0 Å². The molecule has 3 rings (SSSR count). The molecule has 0 bridgehead atoms. The van der Waals surface area contributed by atoms with Crippen LogP contribution in [0.1, 0.15) is 33.6 Å². The van der Waals surface area contributed by atoms with E-state index in [-0.39, 0.29) is 21.1 Å². The van der Waals surface area contributed by atoms with Crippen LogP contribution in [-0.4, -0.2) is 4.89 Å². The minimum absolute atomic E-state index is 0. The first kappa shape index (κ1) is 38.5. The van der Waals surface area contributed by atoms with E-state index >= 15 is 0 Å². The topological polar surface area (TPSA) is 117 Å². The first-order chi connectivity index (χ1) is 15.3. The molecule has 2 aromatic carbocycles. The fourth-order valence-corrected chi connectivity index (χ4v) is 4.32. The fraction of sp³-hybridized carbons (Fsp3) is 0.240. The zero-order valence-electron chi connectivity index (χ0n) is 18.7. The maximum atomic E-state index is 12.2. The summed E-state index contributed by atoms with van der Waals surface area (Å²) in [7, 11) is -3.40. The Labute approximate surface area is 211 Å². The summed E-state index contributed by atoms with van der Waals surface area (Å²) >= 11 is 0. The van der Waals surface area contributed by atoms with Gasteiger partial charge in [-0.25, -0.2) is 0 Å². The average molecular weight is 549 g/mol. The van der Waals surface area contributed by atoms with Crippen molar-refractivity contribution >= 4 is 18.0 Å². The van der Waals surface area contributed by atoms with Crippen LogP contribution in [0, 0.1) is 50.8 Å². The van der Waals surface area contributed by atoms with Crippen molar-refractivity contribution < 1.29 is 49.1 Å². The molecule has 8 heteroatoms. The number of hydrogen-bond donors (Lipinski definition) is 1. The minimum Gasteiger partial charge on any atom is 0 e. The van der Waals surface area contributed by atoms with Crippen molar-refractivity contribution in [2.24, 2.45) is 5.41 Å². The molecule has 33 heavy (non-hydrogen) atoms. The molecule has 1 fully saturated rings. The van der Waals surface area contributed by atoms with E-state index in [2.05, 4.69) is 60.2 Å². The van der Waals surface area contributed by atoms with Gasteiger partial charge in [0, 0.05) is 31.7 Å². The monoisotopic (exact) mass is 551 g/mol. The van der Waals surface area contributed by atoms with Crippen molar-refractivity contribution in [2.75, 3.05) is 0 Å². The Morgan fingerprint density at radius 2 is 1.12 bits per heavy atom. The molecule has 2 aromatic rings. The number of hydrogen-bond acceptors (Lipinski definition) is 1. The van der Waals surface area contributed by atoms with Gasteiger partial charge in [0.05, 0.1) is 0 Å². The summed E-state index contributed by atoms with van der Waals surface area (Å²) < 4.78 is 42.2. The Bertz CT molecular complexity index is 777. The van der Waals surface area contributed by atoms with Crippen LogP contribution in [0.25, 0.3) is 0 Å². The van der Waals surface area contributed by atoms with Crippen molar-refractivity contribution in [1.82, 2.24) is 0 Å². The van der Waals surface area contributed by atoms with Crippen LogP contribution in [0.15, 0.2) is 60.7 Å². The van der Waals surface area contributed by atoms with Crippen molar-refractivity contribution in [2.45, 2.75) is 33.6 Å². The third kappa shape index (κ3) is 16.5. The van der Waals surface area contributed by atoms with Gasteiger partial charge in [-0.1, -0.05) is 57.2 Å². The minimum atomic E-state index is -3.40. The molecule has 6 nitrogen and oxygen atoms in total. The van der Waals surface area contributed by atoms with Gasteiger partial charge in [0.25, 0.3) is 7.37 Å². The molecule has 1 N–H and O–H groups in total. The normalized spacial score (nSPS) is 13.1. The maximum Gasteiger partial charge on any atom is 0 e. The molecule has 0 spiro atoms. The van der Waals surface area contributed by atoms with Crippen LogP contribution in [0.2, 0.25) is 0 Å². The molecule has 173 valence electrons. The van der Waals surface area contributed by atoms with Gasteiger partial charge in [-0.3, -0.25) is 4.57 Å². The molecule has 0 aromatic heterocycles. The van der Waals surface area contributed by atoms with Gasteiger partial charge < -0.3 is 4.89 Å². The largest absolute Gasteiger partial charge is 0 e. The molecule has 0 saturated heterocycles. The fourth-order valence-electron chi connectivity index (χ4n) is 2.87. The van der Waals surface area contributed by atoms with E-state index in [4.69, 9.17) is 18.6 Å². The molecule has 1 aliphatic rings. The van der Waals surface area contributed by atoms with Crippen molar-refractivity contribution in [1.29, 1.82) is 0 Å². The van der Waals surface area contributed by atoms with Gasteiger partial charge in [0.2, 0.25) is 0 Å². The maximum absolute atomic E-state index is 12.2. The Balaban J connectivity index is -0.000000202. The predicted octanol–water partition coefficient (Wildman–Crippen LogP) is 4.56. The van der Waals surface area contributed by atoms with E-state index in [1.54, 1.807) is 48.5 Å². The molecular formula is C25H26MoO6P. The summed E-state index contributed by atoms with van der Waals surface area (Å²) in [4.78, 5) is 10.0. The average Bonchev–Trinajstić information content (AvgIpc) is 2.85. The van der Waals surface area contributed by atoms with E-state index in [1.807, 2.05) is 12.1 Å². The molecular weight excluding hydrogens is 523 g/mol. The summed E-state index contributed by atoms with van der Waals surface area (Å²) in [5.41, 5.74) is 0.527. The number of rotatable bonds is 2. The van der Waals surface area contributed by atoms with Gasteiger partial charge in [-0.2, -0.15) is 0 Å². The van der Waals surface area contributed by atoms with E-state index < -0.39 is 7.37 Å². The van der Waals surface area contributed by atoms with Gasteiger partial charge >= 0.3 is 45.2 Å². The van der Waals surface area contributed by atoms with Crippen LogP contribution >= 0.6 is 7.37 Å². The summed E-state index contributed by atoms with van der Waals surface area (Å²) in [5, 5.41) is 0.937. The summed E-state index contributed by atoms with van der Waals surface area (Å²) in [6, 6.07) is 17.4. The molecule has 3 radical (unpaired) electrons. The van der Waals surface area contributed by atoms with Crippen LogP contribution in [0.5, 0.6) is 0 Å². The van der Waals surface area contributed by atoms with Crippen LogP contribution in [0.3, 0.4) is 0 Å². The van der Waals surface area contributed by atoms with Crippen molar-refractivity contribution in [3.63, 3.8) is 0 Å². The molecule has 0 aliphatic heterocycles. The molecule has 0 atom stereocenters. The van der Waals surface area contributed by atoms with E-state index in [0.29, 0.717) is 16.0 Å². The van der Waals surface area contributed by atoms with Gasteiger partial charge in [-0.05, 0) is 61.3 Å². The Kier molecular flexibility index (Phi) is 27.4. The quantitative estimate of drug-likeness (QED) is 0.256. The zero-order valence-corrected chi connectivity index (χ0v) is 21.6. The van der Waals surface area contributed by atoms with Gasteiger partial charge in [-0.15, -0.1) is 0 Å².